The van der Waals surface area contributed by atoms with E-state index in [2.05, 4.69) is 33.9 Å². The SMILES string of the molecule is COC(=O)C1OC(Oc2cc(OC(C)=O)c3c(=O)c(-c4ccc(O[Si](C)(C)C(C)(C)C)cc4)coc3c2)C(OC(C)=O)C(OC(C)=O)C1OC(C)=O. The second-order valence-electron chi connectivity index (χ2n) is 13.5. The van der Waals surface area contributed by atoms with Crippen molar-refractivity contribution in [2.45, 2.75) is 97.3 Å². The summed E-state index contributed by atoms with van der Waals surface area (Å²) in [6.07, 6.45) is -7.04. The molecular weight excluding hydrogens is 700 g/mol. The summed E-state index contributed by atoms with van der Waals surface area (Å²) < 4.78 is 50.4. The monoisotopic (exact) mass is 742 g/mol. The highest BCUT2D eigenvalue weighted by Crippen LogP contribution is 2.39. The molecule has 1 aliphatic rings. The lowest BCUT2D eigenvalue weighted by molar-refractivity contribution is -0.282. The zero-order valence-corrected chi connectivity index (χ0v) is 31.6. The standard InChI is InChI=1S/C36H42O15Si/c1-18(37)45-27-16-24(49-35-33(48-21(4)40)31(47-20(3)39)30(46-19(2)38)32(50-35)34(42)43-8)15-26-28(27)29(41)25(17-44-26)22-11-13-23(14-12-22)51-52(9,10)36(5,6)7/h11-17,30-33,35H,1-10H3. The molecule has 2 aromatic carbocycles. The third-order valence-corrected chi connectivity index (χ3v) is 12.9. The molecule has 4 rings (SSSR count). The molecule has 0 radical (unpaired) electrons. The molecule has 1 saturated heterocycles. The number of hydrogen-bond acceptors (Lipinski definition) is 15. The molecule has 3 aromatic rings. The third-order valence-electron chi connectivity index (χ3n) is 8.50. The first-order valence-corrected chi connectivity index (χ1v) is 19.1. The van der Waals surface area contributed by atoms with Crippen molar-refractivity contribution in [2.75, 3.05) is 7.11 Å². The Balaban J connectivity index is 1.78. The van der Waals surface area contributed by atoms with Crippen LogP contribution in [0.4, 0.5) is 0 Å². The number of ether oxygens (including phenoxy) is 7. The minimum absolute atomic E-state index is 0.0232. The number of rotatable bonds is 10. The Hall–Kier alpha value is -5.22. The maximum atomic E-state index is 13.9. The highest BCUT2D eigenvalue weighted by Gasteiger charge is 2.56. The highest BCUT2D eigenvalue weighted by atomic mass is 28.4. The molecule has 0 N–H and O–H groups in total. The zero-order valence-electron chi connectivity index (χ0n) is 30.6. The number of benzene rings is 2. The van der Waals surface area contributed by atoms with Gasteiger partial charge in [0.2, 0.25) is 26.1 Å². The van der Waals surface area contributed by atoms with Crippen LogP contribution in [0.1, 0.15) is 48.5 Å². The van der Waals surface area contributed by atoms with Gasteiger partial charge in [-0.2, -0.15) is 0 Å². The zero-order chi connectivity index (χ0) is 38.7. The van der Waals surface area contributed by atoms with Gasteiger partial charge in [-0.1, -0.05) is 32.9 Å². The number of carbonyl (C=O) groups is 5. The van der Waals surface area contributed by atoms with E-state index in [9.17, 15) is 28.8 Å². The van der Waals surface area contributed by atoms with Crippen LogP contribution in [0.5, 0.6) is 17.2 Å². The van der Waals surface area contributed by atoms with Crippen LogP contribution in [-0.2, 0) is 47.7 Å². The lowest BCUT2D eigenvalue weighted by Crippen LogP contribution is -2.64. The van der Waals surface area contributed by atoms with Crippen LogP contribution in [-0.4, -0.2) is 76.0 Å². The Kier molecular flexibility index (Phi) is 11.8. The van der Waals surface area contributed by atoms with Crippen LogP contribution < -0.4 is 19.3 Å². The molecule has 1 fully saturated rings. The van der Waals surface area contributed by atoms with E-state index in [0.717, 1.165) is 34.8 Å². The quantitative estimate of drug-likeness (QED) is 0.119. The van der Waals surface area contributed by atoms with Crippen LogP contribution in [0.2, 0.25) is 18.1 Å². The van der Waals surface area contributed by atoms with Crippen molar-refractivity contribution in [3.63, 3.8) is 0 Å². The molecule has 0 aliphatic carbocycles. The van der Waals surface area contributed by atoms with Crippen molar-refractivity contribution in [3.8, 4) is 28.4 Å². The predicted molar refractivity (Wildman–Crippen MR) is 185 cm³/mol. The molecule has 1 aliphatic heterocycles. The van der Waals surface area contributed by atoms with Crippen molar-refractivity contribution in [3.05, 3.63) is 52.9 Å². The van der Waals surface area contributed by atoms with E-state index in [1.165, 1.54) is 18.4 Å². The first kappa shape index (κ1) is 39.6. The second kappa shape index (κ2) is 15.6. The lowest BCUT2D eigenvalue weighted by Gasteiger charge is -2.43. The average molecular weight is 743 g/mol. The van der Waals surface area contributed by atoms with Gasteiger partial charge >= 0.3 is 29.8 Å². The van der Waals surface area contributed by atoms with E-state index < -0.39 is 74.3 Å². The topological polar surface area (TPSA) is 189 Å². The van der Waals surface area contributed by atoms with Crippen molar-refractivity contribution in [2.24, 2.45) is 0 Å². The van der Waals surface area contributed by atoms with Crippen molar-refractivity contribution in [1.82, 2.24) is 0 Å². The normalized spacial score (nSPS) is 20.3. The third kappa shape index (κ3) is 8.98. The molecule has 1 aromatic heterocycles. The Bertz CT molecular complexity index is 1910. The molecule has 2 heterocycles. The number of hydrogen-bond donors (Lipinski definition) is 0. The summed E-state index contributed by atoms with van der Waals surface area (Å²) in [5.74, 6) is -4.15. The van der Waals surface area contributed by atoms with Crippen molar-refractivity contribution in [1.29, 1.82) is 0 Å². The summed E-state index contributed by atoms with van der Waals surface area (Å²) in [5, 5.41) is -0.118. The maximum absolute atomic E-state index is 13.9. The fourth-order valence-corrected chi connectivity index (χ4v) is 6.19. The van der Waals surface area contributed by atoms with E-state index in [4.69, 9.17) is 42.0 Å². The van der Waals surface area contributed by atoms with E-state index in [1.54, 1.807) is 24.3 Å². The Morgan fingerprint density at radius 2 is 1.35 bits per heavy atom. The van der Waals surface area contributed by atoms with Gasteiger partial charge < -0.3 is 42.0 Å². The maximum Gasteiger partial charge on any atom is 0.339 e. The van der Waals surface area contributed by atoms with Gasteiger partial charge in [0.1, 0.15) is 34.5 Å². The van der Waals surface area contributed by atoms with Gasteiger partial charge in [0.05, 0.1) is 12.7 Å². The first-order valence-electron chi connectivity index (χ1n) is 16.2. The van der Waals surface area contributed by atoms with E-state index in [-0.39, 0.29) is 33.1 Å². The highest BCUT2D eigenvalue weighted by molar-refractivity contribution is 6.74. The summed E-state index contributed by atoms with van der Waals surface area (Å²) in [4.78, 5) is 75.3. The molecule has 0 bridgehead atoms. The van der Waals surface area contributed by atoms with Gasteiger partial charge in [0.15, 0.2) is 18.3 Å². The largest absolute Gasteiger partial charge is 0.544 e. The van der Waals surface area contributed by atoms with Crippen LogP contribution in [0.15, 0.2) is 51.9 Å². The van der Waals surface area contributed by atoms with Crippen LogP contribution in [0, 0.1) is 0 Å². The molecule has 15 nitrogen and oxygen atoms in total. The molecular formula is C36H42O15Si. The lowest BCUT2D eigenvalue weighted by atomic mass is 9.97. The number of methoxy groups -OCH3 is 1. The molecule has 0 saturated carbocycles. The number of esters is 5. The Morgan fingerprint density at radius 1 is 0.769 bits per heavy atom. The van der Waals surface area contributed by atoms with Crippen molar-refractivity contribution < 1.29 is 66.0 Å². The summed E-state index contributed by atoms with van der Waals surface area (Å²) in [6, 6.07) is 9.46. The average Bonchev–Trinajstić information content (AvgIpc) is 3.02. The Morgan fingerprint density at radius 3 is 1.88 bits per heavy atom. The van der Waals surface area contributed by atoms with Gasteiger partial charge in [-0.05, 0) is 35.8 Å². The molecule has 280 valence electrons. The molecule has 5 atom stereocenters. The fraction of sp³-hybridized carbons (Fsp3) is 0.444. The summed E-state index contributed by atoms with van der Waals surface area (Å²) >= 11 is 0. The van der Waals surface area contributed by atoms with Gasteiger partial charge in [-0.15, -0.1) is 0 Å². The van der Waals surface area contributed by atoms with Crippen LogP contribution >= 0.6 is 0 Å². The van der Waals surface area contributed by atoms with Gasteiger partial charge in [-0.3, -0.25) is 24.0 Å². The summed E-state index contributed by atoms with van der Waals surface area (Å²) in [6.45, 7) is 14.9. The number of fused-ring (bicyclic) bond motifs is 1. The summed E-state index contributed by atoms with van der Waals surface area (Å²) in [7, 11) is -1.07. The Labute approximate surface area is 300 Å². The fourth-order valence-electron chi connectivity index (χ4n) is 5.15. The minimum Gasteiger partial charge on any atom is -0.544 e. The van der Waals surface area contributed by atoms with Gasteiger partial charge in [0, 0.05) is 39.8 Å². The molecule has 0 spiro atoms. The van der Waals surface area contributed by atoms with Crippen molar-refractivity contribution >= 4 is 49.1 Å². The van der Waals surface area contributed by atoms with E-state index in [1.807, 2.05) is 0 Å². The molecule has 5 unspecified atom stereocenters. The van der Waals surface area contributed by atoms with Crippen LogP contribution in [0.3, 0.4) is 0 Å². The molecule has 16 heteroatoms. The van der Waals surface area contributed by atoms with Gasteiger partial charge in [0.25, 0.3) is 0 Å². The molecule has 0 amide bonds. The van der Waals surface area contributed by atoms with E-state index in [0.29, 0.717) is 11.3 Å². The van der Waals surface area contributed by atoms with E-state index >= 15 is 0 Å². The number of carbonyl (C=O) groups excluding carboxylic acids is 5. The van der Waals surface area contributed by atoms with Crippen LogP contribution in [0.25, 0.3) is 22.1 Å². The van der Waals surface area contributed by atoms with Gasteiger partial charge in [-0.25, -0.2) is 4.79 Å². The molecule has 52 heavy (non-hydrogen) atoms. The smallest absolute Gasteiger partial charge is 0.339 e. The first-order chi connectivity index (χ1) is 24.2. The minimum atomic E-state index is -2.12. The second-order valence-corrected chi connectivity index (χ2v) is 18.3. The summed E-state index contributed by atoms with van der Waals surface area (Å²) in [5.41, 5.74) is 0.0818. The predicted octanol–water partition coefficient (Wildman–Crippen LogP) is 4.84.